The van der Waals surface area contributed by atoms with Crippen LogP contribution in [-0.2, 0) is 50.5 Å². The summed E-state index contributed by atoms with van der Waals surface area (Å²) in [6.07, 6.45) is -12.6. The average molecular weight is 1470 g/mol. The number of hydrogen-bond acceptors (Lipinski definition) is 19. The van der Waals surface area contributed by atoms with Crippen LogP contribution in [0.1, 0.15) is 91.2 Å². The molecule has 40 heteroatoms. The molecule has 0 saturated heterocycles. The van der Waals surface area contributed by atoms with E-state index in [1.807, 2.05) is 39.8 Å². The van der Waals surface area contributed by atoms with Gasteiger partial charge in [0, 0.05) is 61.0 Å². The van der Waals surface area contributed by atoms with Gasteiger partial charge in [0.15, 0.2) is 5.82 Å². The quantitative estimate of drug-likeness (QED) is 0.0145. The van der Waals surface area contributed by atoms with E-state index in [1.165, 1.54) is 62.7 Å². The number of aromatic nitrogens is 2. The summed E-state index contributed by atoms with van der Waals surface area (Å²) in [5.41, 5.74) is 22.1. The number of nitrogens with two attached hydrogens (primary N) is 3. The third-order valence-corrected chi connectivity index (χ3v) is 15.1. The van der Waals surface area contributed by atoms with E-state index in [2.05, 4.69) is 50.3 Å². The molecule has 0 radical (unpaired) electrons. The third kappa shape index (κ3) is 31.9. The van der Waals surface area contributed by atoms with Crippen LogP contribution >= 0.6 is 21.6 Å². The second kappa shape index (κ2) is 42.6. The van der Waals surface area contributed by atoms with Crippen molar-refractivity contribution in [2.75, 3.05) is 52.2 Å². The molecule has 0 unspecified atom stereocenters. The van der Waals surface area contributed by atoms with Gasteiger partial charge in [-0.15, -0.1) is 0 Å². The fraction of sp³-hybridized carbons (Fsp3) is 0.458. The smallest absolute Gasteiger partial charge is 0.490 e. The minimum atomic E-state index is -5.08. The molecule has 26 nitrogen and oxygen atoms in total. The van der Waals surface area contributed by atoms with Crippen LogP contribution in [0.25, 0.3) is 22.5 Å². The van der Waals surface area contributed by atoms with E-state index >= 15 is 0 Å². The van der Waals surface area contributed by atoms with Crippen molar-refractivity contribution in [3.05, 3.63) is 94.8 Å². The largest absolute Gasteiger partial charge is 0.492 e. The predicted octanol–water partition coefficient (Wildman–Crippen LogP) is 7.01. The Morgan fingerprint density at radius 1 is 0.717 bits per heavy atom. The number of aryl methyl sites for hydroxylation is 1. The van der Waals surface area contributed by atoms with Gasteiger partial charge in [-0.3, -0.25) is 24.0 Å². The molecular weight excluding hydrogens is 1390 g/mol. The van der Waals surface area contributed by atoms with Gasteiger partial charge in [0.05, 0.1) is 17.3 Å². The number of benzene rings is 3. The standard InChI is InChI=1S/C51H67N11O7S2.4C2HF3O2/c1-5-6-7-8-9-26-70-71-31-34-10-13-36(14-11-34)46-57-30-40(32(2)58-46)48(64)60-41(18-19-52)51(67)62(4)45-37-15-17-44(69-25-22-55)39(29-37)38-27-35(12-16-43(38)68-24-21-54)28-42(49(65)56-23-20-53)61-47(63)33(3)59-50(45)66;4*3-2(4,5)1(6)7/h10-17,27,29-30,33,41-42,45H,5-9,18-19,21-26,28,31,52,54-55H2,1-4H3,(H,56,65)(H,59,66)(H,60,64)(H,61,63);4*(H,6,7)/t33-,41-,42-,45-;;;;/m0..../s1. The van der Waals surface area contributed by atoms with E-state index in [-0.39, 0.29) is 57.8 Å². The summed E-state index contributed by atoms with van der Waals surface area (Å²) in [5.74, 6) is -11.1. The Bertz CT molecular complexity index is 3290. The molecule has 0 fully saturated rings. The molecule has 14 N–H and O–H groups in total. The number of hydrogen-bond donors (Lipinski definition) is 11. The molecule has 3 aromatic carbocycles. The molecule has 5 rings (SSSR count). The molecule has 1 aliphatic heterocycles. The first-order valence-corrected chi connectivity index (χ1v) is 31.4. The normalized spacial score (nSPS) is 14.7. The molecule has 1 aromatic heterocycles. The van der Waals surface area contributed by atoms with Crippen molar-refractivity contribution >= 4 is 75.0 Å². The van der Waals surface area contributed by atoms with Gasteiger partial charge < -0.3 is 73.3 Å². The summed E-state index contributed by atoms with van der Waals surface area (Å²) < 4.78 is 139. The second-order valence-corrected chi connectivity index (χ2v) is 22.9. The molecule has 0 spiro atoms. The van der Waals surface area contributed by atoms with Crippen LogP contribution in [-0.4, -0.2) is 184 Å². The molecule has 548 valence electrons. The SMILES string of the molecule is CCCCCCCSSCc1ccc(-c2ncc(C(=O)N[C@@H](CCN)C(=O)N(C)[C@@H]3C(=O)N[C@@H](C)C(=O)N[C@H](C(=O)NCC#N)Cc4ccc(OCCN)c(c4)-c4cc3ccc4OCCN)c(C)n2)cc1.O=C(O)C(F)(F)F.O=C(O)C(F)(F)F.O=C(O)C(F)(F)F.O=C(O)C(F)(F)F. The number of aliphatic carboxylic acids is 4. The number of carboxylic acids is 4. The van der Waals surface area contributed by atoms with Gasteiger partial charge in [-0.25, -0.2) is 29.1 Å². The Morgan fingerprint density at radius 3 is 1.70 bits per heavy atom. The topological polar surface area (TPSA) is 432 Å². The van der Waals surface area contributed by atoms with Gasteiger partial charge in [0.2, 0.25) is 23.6 Å². The number of amides is 5. The average Bonchev–Trinajstić information content (AvgIpc) is 0.781. The van der Waals surface area contributed by atoms with Crippen LogP contribution in [0.3, 0.4) is 0 Å². The predicted molar refractivity (Wildman–Crippen MR) is 333 cm³/mol. The third-order valence-electron chi connectivity index (χ3n) is 12.7. The first-order valence-electron chi connectivity index (χ1n) is 28.9. The second-order valence-electron chi connectivity index (χ2n) is 20.3. The highest BCUT2D eigenvalue weighted by Crippen LogP contribution is 2.40. The zero-order valence-corrected chi connectivity index (χ0v) is 54.6. The highest BCUT2D eigenvalue weighted by atomic mass is 33.1. The molecule has 99 heavy (non-hydrogen) atoms. The molecule has 4 atom stereocenters. The monoisotopic (exact) mass is 1470 g/mol. The Hall–Kier alpha value is -9.20. The van der Waals surface area contributed by atoms with Crippen LogP contribution in [0, 0.1) is 18.3 Å². The van der Waals surface area contributed by atoms with E-state index < -0.39 is 102 Å². The summed E-state index contributed by atoms with van der Waals surface area (Å²) in [7, 11) is 5.16. The molecule has 5 amide bonds. The summed E-state index contributed by atoms with van der Waals surface area (Å²) in [6.45, 7) is 5.73. The Kier molecular flexibility index (Phi) is 37.8. The van der Waals surface area contributed by atoms with Crippen LogP contribution in [0.15, 0.2) is 66.9 Å². The van der Waals surface area contributed by atoms with Gasteiger partial charge >= 0.3 is 48.6 Å². The van der Waals surface area contributed by atoms with Crippen molar-refractivity contribution in [3.63, 3.8) is 0 Å². The Morgan fingerprint density at radius 2 is 1.22 bits per heavy atom. The lowest BCUT2D eigenvalue weighted by atomic mass is 9.93. The van der Waals surface area contributed by atoms with Gasteiger partial charge in [-0.05, 0) is 74.2 Å². The van der Waals surface area contributed by atoms with Crippen molar-refractivity contribution in [3.8, 4) is 40.1 Å². The first kappa shape index (κ1) is 87.8. The van der Waals surface area contributed by atoms with E-state index in [9.17, 15) is 81.9 Å². The van der Waals surface area contributed by atoms with Crippen molar-refractivity contribution < 1.29 is 126 Å². The lowest BCUT2D eigenvalue weighted by Gasteiger charge is -2.32. The van der Waals surface area contributed by atoms with E-state index in [0.29, 0.717) is 45.3 Å². The number of nitrogens with one attached hydrogen (secondary N) is 4. The van der Waals surface area contributed by atoms with E-state index in [0.717, 1.165) is 17.1 Å². The van der Waals surface area contributed by atoms with Crippen LogP contribution in [0.2, 0.25) is 0 Å². The molecular formula is C59H71F12N11O15S2. The van der Waals surface area contributed by atoms with E-state index in [4.69, 9.17) is 66.3 Å². The molecule has 1 aliphatic rings. The van der Waals surface area contributed by atoms with E-state index in [1.54, 1.807) is 43.3 Å². The molecule has 4 aromatic rings. The Labute approximate surface area is 564 Å². The summed E-state index contributed by atoms with van der Waals surface area (Å²) >= 11 is 0. The van der Waals surface area contributed by atoms with Crippen molar-refractivity contribution in [2.24, 2.45) is 17.2 Å². The fourth-order valence-corrected chi connectivity index (χ4v) is 10.1. The van der Waals surface area contributed by atoms with Crippen molar-refractivity contribution in [1.82, 2.24) is 36.1 Å². The minimum absolute atomic E-state index is 0.00159. The lowest BCUT2D eigenvalue weighted by Crippen LogP contribution is -2.56. The molecule has 2 heterocycles. The van der Waals surface area contributed by atoms with Gasteiger partial charge in [-0.2, -0.15) is 57.9 Å². The van der Waals surface area contributed by atoms with Crippen LogP contribution in [0.5, 0.6) is 11.5 Å². The van der Waals surface area contributed by atoms with Crippen LogP contribution in [0.4, 0.5) is 52.7 Å². The molecule has 0 saturated carbocycles. The van der Waals surface area contributed by atoms with Gasteiger partial charge in [0.25, 0.3) is 5.91 Å². The number of carboxylic acid groups (broad SMARTS) is 4. The maximum atomic E-state index is 14.7. The number of fused-ring (bicyclic) bond motifs is 5. The minimum Gasteiger partial charge on any atom is -0.492 e. The summed E-state index contributed by atoms with van der Waals surface area (Å²) in [5, 5.41) is 48.4. The van der Waals surface area contributed by atoms with Crippen molar-refractivity contribution in [1.29, 1.82) is 5.26 Å². The van der Waals surface area contributed by atoms with Gasteiger partial charge in [0.1, 0.15) is 55.4 Å². The first-order chi connectivity index (χ1) is 46.1. The Balaban J connectivity index is 0.00000146. The number of nitriles is 1. The molecule has 4 bridgehead atoms. The maximum absolute atomic E-state index is 14.7. The maximum Gasteiger partial charge on any atom is 0.490 e. The molecule has 0 aliphatic carbocycles. The highest BCUT2D eigenvalue weighted by molar-refractivity contribution is 8.76. The number of nitrogens with zero attached hydrogens (tertiary/aromatic N) is 4. The summed E-state index contributed by atoms with van der Waals surface area (Å²) in [6, 6.07) is 15.1. The van der Waals surface area contributed by atoms with Crippen LogP contribution < -0.4 is 47.9 Å². The van der Waals surface area contributed by atoms with Crippen molar-refractivity contribution in [2.45, 2.75) is 120 Å². The number of carbonyl (C=O) groups excluding carboxylic acids is 5. The number of carbonyl (C=O) groups is 9. The number of unbranched alkanes of at least 4 members (excludes halogenated alkanes) is 4. The number of ether oxygens (including phenoxy) is 2. The zero-order valence-electron chi connectivity index (χ0n) is 52.9. The fourth-order valence-electron chi connectivity index (χ4n) is 7.88. The number of likely N-dealkylation sites (N-methyl/N-ethyl adjacent to an activating group) is 1. The van der Waals surface area contributed by atoms with Gasteiger partial charge in [-0.1, -0.05) is 90.6 Å². The summed E-state index contributed by atoms with van der Waals surface area (Å²) in [4.78, 5) is 116. The number of alkyl halides is 12. The zero-order chi connectivity index (χ0) is 75.6. The lowest BCUT2D eigenvalue weighted by molar-refractivity contribution is -0.193. The number of halogens is 12. The number of rotatable bonds is 24. The highest BCUT2D eigenvalue weighted by Gasteiger charge is 2.41.